The third-order valence-electron chi connectivity index (χ3n) is 1.87. The fourth-order valence-electron chi connectivity index (χ4n) is 1.24. The summed E-state index contributed by atoms with van der Waals surface area (Å²) in [6.45, 7) is 0.189. The van der Waals surface area contributed by atoms with Crippen molar-refractivity contribution in [3.8, 4) is 5.75 Å². The largest absolute Gasteiger partial charge is 0.494 e. The molecule has 1 rings (SSSR count). The van der Waals surface area contributed by atoms with Crippen LogP contribution in [0, 0.1) is 0 Å². The molecule has 0 saturated heterocycles. The highest BCUT2D eigenvalue weighted by Gasteiger charge is 2.11. The average molecular weight is 196 g/mol. The number of benzene rings is 1. The highest BCUT2D eigenvalue weighted by molar-refractivity contribution is 5.90. The molecule has 76 valence electrons. The number of carbonyl (C=O) groups is 1. The average Bonchev–Trinajstić information content (AvgIpc) is 2.16. The number of rotatable bonds is 3. The zero-order valence-electron chi connectivity index (χ0n) is 7.78. The Morgan fingerprint density at radius 2 is 2.21 bits per heavy atom. The molecular formula is C9H12N2O3. The number of methoxy groups -OCH3 is 1. The molecule has 0 aromatic heterocycles. The molecule has 5 heteroatoms. The summed E-state index contributed by atoms with van der Waals surface area (Å²) in [5.41, 5.74) is 12.0. The van der Waals surface area contributed by atoms with Gasteiger partial charge in [0, 0.05) is 12.1 Å². The van der Waals surface area contributed by atoms with Gasteiger partial charge in [-0.05, 0) is 12.1 Å². The number of nitrogens with two attached hydrogens (primary N) is 2. The third-order valence-corrected chi connectivity index (χ3v) is 1.87. The molecule has 0 unspecified atom stereocenters. The van der Waals surface area contributed by atoms with E-state index in [9.17, 15) is 4.79 Å². The standard InChI is InChI=1S/C9H12N2O3/c1-14-8-6(4-10)2-5(9(12)13)3-7(8)11/h2-3H,4,10-11H2,1H3,(H,12,13). The zero-order valence-corrected chi connectivity index (χ0v) is 7.78. The van der Waals surface area contributed by atoms with Crippen LogP contribution in [0.25, 0.3) is 0 Å². The van der Waals surface area contributed by atoms with Crippen molar-refractivity contribution in [3.63, 3.8) is 0 Å². The maximum atomic E-state index is 10.7. The van der Waals surface area contributed by atoms with Gasteiger partial charge in [-0.3, -0.25) is 0 Å². The molecular weight excluding hydrogens is 184 g/mol. The fourth-order valence-corrected chi connectivity index (χ4v) is 1.24. The normalized spacial score (nSPS) is 9.86. The van der Waals surface area contributed by atoms with Crippen LogP contribution < -0.4 is 16.2 Å². The van der Waals surface area contributed by atoms with E-state index in [1.165, 1.54) is 19.2 Å². The van der Waals surface area contributed by atoms with Gasteiger partial charge in [-0.15, -0.1) is 0 Å². The lowest BCUT2D eigenvalue weighted by Gasteiger charge is -2.10. The molecule has 0 saturated carbocycles. The van der Waals surface area contributed by atoms with Gasteiger partial charge in [0.05, 0.1) is 18.4 Å². The first-order valence-electron chi connectivity index (χ1n) is 4.00. The molecule has 0 aliphatic heterocycles. The van der Waals surface area contributed by atoms with E-state index >= 15 is 0 Å². The van der Waals surface area contributed by atoms with Gasteiger partial charge in [0.1, 0.15) is 5.75 Å². The van der Waals surface area contributed by atoms with E-state index in [1.54, 1.807) is 0 Å². The monoisotopic (exact) mass is 196 g/mol. The van der Waals surface area contributed by atoms with Crippen molar-refractivity contribution in [2.75, 3.05) is 12.8 Å². The molecule has 5 nitrogen and oxygen atoms in total. The van der Waals surface area contributed by atoms with Crippen molar-refractivity contribution in [3.05, 3.63) is 23.3 Å². The summed E-state index contributed by atoms with van der Waals surface area (Å²) < 4.78 is 5.00. The number of aromatic carboxylic acids is 1. The van der Waals surface area contributed by atoms with Crippen LogP contribution in [-0.2, 0) is 6.54 Å². The quantitative estimate of drug-likeness (QED) is 0.609. The number of ether oxygens (including phenoxy) is 1. The van der Waals surface area contributed by atoms with E-state index in [0.29, 0.717) is 11.3 Å². The molecule has 14 heavy (non-hydrogen) atoms. The first kappa shape index (κ1) is 10.3. The van der Waals surface area contributed by atoms with Crippen molar-refractivity contribution in [2.24, 2.45) is 5.73 Å². The molecule has 1 aromatic carbocycles. The van der Waals surface area contributed by atoms with Crippen molar-refractivity contribution in [2.45, 2.75) is 6.54 Å². The van der Waals surface area contributed by atoms with E-state index in [2.05, 4.69) is 0 Å². The summed E-state index contributed by atoms with van der Waals surface area (Å²) in [7, 11) is 1.46. The molecule has 0 bridgehead atoms. The number of carboxylic acids is 1. The predicted octanol–water partition coefficient (Wildman–Crippen LogP) is 0.434. The number of hydrogen-bond acceptors (Lipinski definition) is 4. The lowest BCUT2D eigenvalue weighted by molar-refractivity contribution is 0.0697. The van der Waals surface area contributed by atoms with Gasteiger partial charge in [-0.25, -0.2) is 4.79 Å². The molecule has 0 aliphatic carbocycles. The molecule has 0 atom stereocenters. The minimum absolute atomic E-state index is 0.115. The zero-order chi connectivity index (χ0) is 10.7. The van der Waals surface area contributed by atoms with Crippen LogP contribution in [0.2, 0.25) is 0 Å². The van der Waals surface area contributed by atoms with Crippen LogP contribution in [0.4, 0.5) is 5.69 Å². The van der Waals surface area contributed by atoms with E-state index in [1.807, 2.05) is 0 Å². The number of anilines is 1. The minimum Gasteiger partial charge on any atom is -0.494 e. The summed E-state index contributed by atoms with van der Waals surface area (Å²) in [5.74, 6) is -0.591. The maximum absolute atomic E-state index is 10.7. The molecule has 0 aliphatic rings. The van der Waals surface area contributed by atoms with Crippen LogP contribution in [0.5, 0.6) is 5.75 Å². The highest BCUT2D eigenvalue weighted by atomic mass is 16.5. The number of nitrogen functional groups attached to an aromatic ring is 1. The topological polar surface area (TPSA) is 98.6 Å². The second kappa shape index (κ2) is 3.97. The van der Waals surface area contributed by atoms with Gasteiger partial charge in [-0.2, -0.15) is 0 Å². The van der Waals surface area contributed by atoms with Crippen LogP contribution in [0.3, 0.4) is 0 Å². The molecule has 1 aromatic rings. The van der Waals surface area contributed by atoms with Gasteiger partial charge >= 0.3 is 5.97 Å². The second-order valence-corrected chi connectivity index (χ2v) is 2.77. The van der Waals surface area contributed by atoms with Gasteiger partial charge in [0.25, 0.3) is 0 Å². The van der Waals surface area contributed by atoms with E-state index in [0.717, 1.165) is 0 Å². The number of carboxylic acid groups (broad SMARTS) is 1. The summed E-state index contributed by atoms with van der Waals surface area (Å²) in [6, 6.07) is 2.80. The molecule has 0 fully saturated rings. The Morgan fingerprint density at radius 1 is 1.57 bits per heavy atom. The predicted molar refractivity (Wildman–Crippen MR) is 52.3 cm³/mol. The van der Waals surface area contributed by atoms with Crippen molar-refractivity contribution >= 4 is 11.7 Å². The lowest BCUT2D eigenvalue weighted by Crippen LogP contribution is -2.06. The van der Waals surface area contributed by atoms with E-state index in [4.69, 9.17) is 21.3 Å². The van der Waals surface area contributed by atoms with Crippen molar-refractivity contribution in [1.82, 2.24) is 0 Å². The smallest absolute Gasteiger partial charge is 0.335 e. The van der Waals surface area contributed by atoms with Crippen LogP contribution in [0.15, 0.2) is 12.1 Å². The summed E-state index contributed by atoms with van der Waals surface area (Å²) in [5, 5.41) is 8.76. The van der Waals surface area contributed by atoms with Crippen LogP contribution in [-0.4, -0.2) is 18.2 Å². The fraction of sp³-hybridized carbons (Fsp3) is 0.222. The number of hydrogen-bond donors (Lipinski definition) is 3. The summed E-state index contributed by atoms with van der Waals surface area (Å²) in [6.07, 6.45) is 0. The highest BCUT2D eigenvalue weighted by Crippen LogP contribution is 2.27. The van der Waals surface area contributed by atoms with Crippen LogP contribution >= 0.6 is 0 Å². The van der Waals surface area contributed by atoms with Crippen LogP contribution in [0.1, 0.15) is 15.9 Å². The van der Waals surface area contributed by atoms with E-state index < -0.39 is 5.97 Å². The Balaban J connectivity index is 3.31. The Kier molecular flexibility index (Phi) is 2.93. The maximum Gasteiger partial charge on any atom is 0.335 e. The van der Waals surface area contributed by atoms with Crippen molar-refractivity contribution in [1.29, 1.82) is 0 Å². The SMILES string of the molecule is COc1c(N)cc(C(=O)O)cc1CN. The molecule has 0 spiro atoms. The Hall–Kier alpha value is -1.75. The summed E-state index contributed by atoms with van der Waals surface area (Å²) in [4.78, 5) is 10.7. The summed E-state index contributed by atoms with van der Waals surface area (Å²) >= 11 is 0. The third kappa shape index (κ3) is 1.77. The second-order valence-electron chi connectivity index (χ2n) is 2.77. The Bertz CT molecular complexity index is 363. The first-order chi connectivity index (χ1) is 6.60. The van der Waals surface area contributed by atoms with Gasteiger partial charge < -0.3 is 21.3 Å². The lowest BCUT2D eigenvalue weighted by atomic mass is 10.1. The van der Waals surface area contributed by atoms with Gasteiger partial charge in [0.15, 0.2) is 0 Å². The van der Waals surface area contributed by atoms with E-state index in [-0.39, 0.29) is 17.8 Å². The molecule has 5 N–H and O–H groups in total. The molecule has 0 radical (unpaired) electrons. The molecule has 0 heterocycles. The Labute approximate surface area is 81.3 Å². The van der Waals surface area contributed by atoms with Crippen molar-refractivity contribution < 1.29 is 14.6 Å². The van der Waals surface area contributed by atoms with Gasteiger partial charge in [-0.1, -0.05) is 0 Å². The van der Waals surface area contributed by atoms with Gasteiger partial charge in [0.2, 0.25) is 0 Å². The first-order valence-corrected chi connectivity index (χ1v) is 4.00. The molecule has 0 amide bonds. The Morgan fingerprint density at radius 3 is 2.64 bits per heavy atom. The minimum atomic E-state index is -1.03.